The Morgan fingerprint density at radius 2 is 1.65 bits per heavy atom. The Balaban J connectivity index is 1.98. The second-order valence-electron chi connectivity index (χ2n) is 4.47. The van der Waals surface area contributed by atoms with Gasteiger partial charge in [-0.1, -0.05) is 36.4 Å². The first-order chi connectivity index (χ1) is 9.83. The van der Waals surface area contributed by atoms with Crippen LogP contribution in [0.2, 0.25) is 0 Å². The van der Waals surface area contributed by atoms with Gasteiger partial charge in [0.1, 0.15) is 18.1 Å². The maximum atomic E-state index is 5.86. The van der Waals surface area contributed by atoms with E-state index in [0.717, 1.165) is 11.5 Å². The summed E-state index contributed by atoms with van der Waals surface area (Å²) in [6.45, 7) is 3.21. The first-order valence-electron chi connectivity index (χ1n) is 6.91. The van der Waals surface area contributed by atoms with Crippen molar-refractivity contribution in [2.45, 2.75) is 13.0 Å². The number of likely N-dealkylation sites (N-methyl/N-ethyl adjacent to an activating group) is 1. The maximum Gasteiger partial charge on any atom is 0.123 e. The van der Waals surface area contributed by atoms with E-state index < -0.39 is 0 Å². The molecule has 3 nitrogen and oxygen atoms in total. The van der Waals surface area contributed by atoms with Gasteiger partial charge in [-0.25, -0.2) is 0 Å². The van der Waals surface area contributed by atoms with Gasteiger partial charge in [0.2, 0.25) is 0 Å². The van der Waals surface area contributed by atoms with Crippen molar-refractivity contribution in [1.29, 1.82) is 0 Å². The molecule has 0 aliphatic carbocycles. The minimum Gasteiger partial charge on any atom is -0.494 e. The number of ether oxygens (including phenoxy) is 2. The standard InChI is InChI=1S/C17H21NO2/c1-3-19-15-10-7-11-16(12-15)20-13-17(18-2)14-8-5-4-6-9-14/h4-12,17-18H,3,13H2,1-2H3. The third kappa shape index (κ3) is 4.00. The lowest BCUT2D eigenvalue weighted by Crippen LogP contribution is -2.23. The van der Waals surface area contributed by atoms with Crippen LogP contribution in [0.4, 0.5) is 0 Å². The molecule has 0 aliphatic rings. The Kier molecular flexibility index (Phi) is 5.44. The van der Waals surface area contributed by atoms with Crippen LogP contribution in [0.25, 0.3) is 0 Å². The van der Waals surface area contributed by atoms with Crippen LogP contribution in [0, 0.1) is 0 Å². The van der Waals surface area contributed by atoms with E-state index in [2.05, 4.69) is 17.4 Å². The molecule has 0 radical (unpaired) electrons. The summed E-state index contributed by atoms with van der Waals surface area (Å²) in [6.07, 6.45) is 0. The van der Waals surface area contributed by atoms with E-state index in [4.69, 9.17) is 9.47 Å². The van der Waals surface area contributed by atoms with Gasteiger partial charge in [0.05, 0.1) is 12.6 Å². The molecule has 0 saturated heterocycles. The number of rotatable bonds is 7. The fourth-order valence-electron chi connectivity index (χ4n) is 2.03. The largest absolute Gasteiger partial charge is 0.494 e. The maximum absolute atomic E-state index is 5.86. The van der Waals surface area contributed by atoms with Gasteiger partial charge in [-0.15, -0.1) is 0 Å². The van der Waals surface area contributed by atoms with E-state index >= 15 is 0 Å². The highest BCUT2D eigenvalue weighted by atomic mass is 16.5. The van der Waals surface area contributed by atoms with E-state index in [-0.39, 0.29) is 6.04 Å². The average molecular weight is 271 g/mol. The molecule has 1 atom stereocenters. The first-order valence-corrected chi connectivity index (χ1v) is 6.91. The van der Waals surface area contributed by atoms with Crippen LogP contribution in [0.3, 0.4) is 0 Å². The van der Waals surface area contributed by atoms with Crippen LogP contribution in [0.5, 0.6) is 11.5 Å². The molecule has 0 bridgehead atoms. The van der Waals surface area contributed by atoms with E-state index in [9.17, 15) is 0 Å². The van der Waals surface area contributed by atoms with Crippen molar-refractivity contribution in [3.63, 3.8) is 0 Å². The quantitative estimate of drug-likeness (QED) is 0.837. The summed E-state index contributed by atoms with van der Waals surface area (Å²) in [5.41, 5.74) is 1.22. The molecule has 2 aromatic rings. The molecular formula is C17H21NO2. The summed E-state index contributed by atoms with van der Waals surface area (Å²) in [4.78, 5) is 0. The Bertz CT molecular complexity index is 513. The Morgan fingerprint density at radius 3 is 2.30 bits per heavy atom. The van der Waals surface area contributed by atoms with Gasteiger partial charge in [0.25, 0.3) is 0 Å². The highest BCUT2D eigenvalue weighted by molar-refractivity contribution is 5.33. The zero-order valence-corrected chi connectivity index (χ0v) is 12.0. The smallest absolute Gasteiger partial charge is 0.123 e. The van der Waals surface area contributed by atoms with Gasteiger partial charge < -0.3 is 14.8 Å². The molecule has 0 saturated carbocycles. The number of hydrogen-bond donors (Lipinski definition) is 1. The third-order valence-corrected chi connectivity index (χ3v) is 3.08. The lowest BCUT2D eigenvalue weighted by Gasteiger charge is -2.17. The molecular weight excluding hydrogens is 250 g/mol. The minimum absolute atomic E-state index is 0.173. The van der Waals surface area contributed by atoms with E-state index in [1.165, 1.54) is 5.56 Å². The van der Waals surface area contributed by atoms with Crippen molar-refractivity contribution in [2.75, 3.05) is 20.3 Å². The molecule has 0 fully saturated rings. The molecule has 0 aromatic heterocycles. The molecule has 0 aliphatic heterocycles. The van der Waals surface area contributed by atoms with Crippen LogP contribution in [-0.4, -0.2) is 20.3 Å². The van der Waals surface area contributed by atoms with Crippen molar-refractivity contribution < 1.29 is 9.47 Å². The topological polar surface area (TPSA) is 30.5 Å². The molecule has 1 unspecified atom stereocenters. The predicted octanol–water partition coefficient (Wildman–Crippen LogP) is 3.42. The fraction of sp³-hybridized carbons (Fsp3) is 0.294. The van der Waals surface area contributed by atoms with Gasteiger partial charge in [-0.3, -0.25) is 0 Å². The second-order valence-corrected chi connectivity index (χ2v) is 4.47. The first kappa shape index (κ1) is 14.4. The van der Waals surface area contributed by atoms with Crippen LogP contribution in [0.1, 0.15) is 18.5 Å². The summed E-state index contributed by atoms with van der Waals surface area (Å²) >= 11 is 0. The van der Waals surface area contributed by atoms with Crippen molar-refractivity contribution in [2.24, 2.45) is 0 Å². The van der Waals surface area contributed by atoms with Crippen LogP contribution in [-0.2, 0) is 0 Å². The summed E-state index contributed by atoms with van der Waals surface area (Å²) in [5, 5.41) is 3.27. The summed E-state index contributed by atoms with van der Waals surface area (Å²) < 4.78 is 11.3. The third-order valence-electron chi connectivity index (χ3n) is 3.08. The van der Waals surface area contributed by atoms with Gasteiger partial charge >= 0.3 is 0 Å². The van der Waals surface area contributed by atoms with Crippen molar-refractivity contribution in [1.82, 2.24) is 5.32 Å². The summed E-state index contributed by atoms with van der Waals surface area (Å²) in [6, 6.07) is 18.2. The SMILES string of the molecule is CCOc1cccc(OCC(NC)c2ccccc2)c1. The molecule has 2 aromatic carbocycles. The van der Waals surface area contributed by atoms with E-state index in [0.29, 0.717) is 13.2 Å². The Hall–Kier alpha value is -2.00. The van der Waals surface area contributed by atoms with Crippen LogP contribution >= 0.6 is 0 Å². The van der Waals surface area contributed by atoms with E-state index in [1.807, 2.05) is 56.4 Å². The number of hydrogen-bond acceptors (Lipinski definition) is 3. The lowest BCUT2D eigenvalue weighted by molar-refractivity contribution is 0.270. The summed E-state index contributed by atoms with van der Waals surface area (Å²) in [5.74, 6) is 1.66. The molecule has 3 heteroatoms. The zero-order valence-electron chi connectivity index (χ0n) is 12.0. The van der Waals surface area contributed by atoms with Crippen molar-refractivity contribution in [3.8, 4) is 11.5 Å². The highest BCUT2D eigenvalue weighted by Gasteiger charge is 2.09. The molecule has 0 heterocycles. The molecule has 2 rings (SSSR count). The van der Waals surface area contributed by atoms with Crippen LogP contribution in [0.15, 0.2) is 54.6 Å². The van der Waals surface area contributed by atoms with Crippen molar-refractivity contribution in [3.05, 3.63) is 60.2 Å². The second kappa shape index (κ2) is 7.56. The predicted molar refractivity (Wildman–Crippen MR) is 81.3 cm³/mol. The highest BCUT2D eigenvalue weighted by Crippen LogP contribution is 2.21. The molecule has 20 heavy (non-hydrogen) atoms. The van der Waals surface area contributed by atoms with Crippen LogP contribution < -0.4 is 14.8 Å². The molecule has 0 amide bonds. The number of benzene rings is 2. The van der Waals surface area contributed by atoms with Gasteiger partial charge in [0, 0.05) is 6.07 Å². The number of nitrogens with one attached hydrogen (secondary N) is 1. The van der Waals surface area contributed by atoms with Crippen molar-refractivity contribution >= 4 is 0 Å². The van der Waals surface area contributed by atoms with Gasteiger partial charge in [-0.2, -0.15) is 0 Å². The van der Waals surface area contributed by atoms with Gasteiger partial charge in [0.15, 0.2) is 0 Å². The normalized spacial score (nSPS) is 11.9. The average Bonchev–Trinajstić information content (AvgIpc) is 2.50. The Labute approximate surface area is 120 Å². The minimum atomic E-state index is 0.173. The Morgan fingerprint density at radius 1 is 0.950 bits per heavy atom. The fourth-order valence-corrected chi connectivity index (χ4v) is 2.03. The molecule has 106 valence electrons. The zero-order chi connectivity index (χ0) is 14.2. The monoisotopic (exact) mass is 271 g/mol. The lowest BCUT2D eigenvalue weighted by atomic mass is 10.1. The van der Waals surface area contributed by atoms with E-state index in [1.54, 1.807) is 0 Å². The van der Waals surface area contributed by atoms with Gasteiger partial charge in [-0.05, 0) is 31.7 Å². The molecule has 0 spiro atoms. The summed E-state index contributed by atoms with van der Waals surface area (Å²) in [7, 11) is 1.94. The molecule has 1 N–H and O–H groups in total.